The second-order valence-electron chi connectivity index (χ2n) is 2.45. The zero-order valence-electron chi connectivity index (χ0n) is 6.63. The third-order valence-electron chi connectivity index (χ3n) is 1.60. The Kier molecular flexibility index (Phi) is 3.70. The summed E-state index contributed by atoms with van der Waals surface area (Å²) in [5.41, 5.74) is 0. The Morgan fingerprint density at radius 3 is 1.70 bits per heavy atom. The molecule has 0 saturated carbocycles. The average Bonchev–Trinajstić information content (AvgIpc) is 2.00. The topological polar surface area (TPSA) is 17.1 Å². The zero-order valence-corrected chi connectivity index (χ0v) is 6.63. The summed E-state index contributed by atoms with van der Waals surface area (Å²) in [5, 5.41) is 0. The van der Waals surface area contributed by atoms with Crippen molar-refractivity contribution in [2.45, 2.75) is 13.8 Å². The quantitative estimate of drug-likeness (QED) is 0.544. The van der Waals surface area contributed by atoms with E-state index in [1.54, 1.807) is 12.2 Å². The summed E-state index contributed by atoms with van der Waals surface area (Å²) in [6, 6.07) is 0. The van der Waals surface area contributed by atoms with Gasteiger partial charge >= 0.3 is 0 Å². The van der Waals surface area contributed by atoms with Crippen molar-refractivity contribution < 1.29 is 4.79 Å². The summed E-state index contributed by atoms with van der Waals surface area (Å²) in [7, 11) is 0. The molecule has 0 fully saturated rings. The first-order chi connectivity index (χ1) is 4.63. The molecule has 0 spiro atoms. The summed E-state index contributed by atoms with van der Waals surface area (Å²) >= 11 is 0. The van der Waals surface area contributed by atoms with E-state index in [0.29, 0.717) is 0 Å². The van der Waals surface area contributed by atoms with Gasteiger partial charge in [0.1, 0.15) is 5.78 Å². The summed E-state index contributed by atoms with van der Waals surface area (Å²) in [6.07, 6.45) is 3.31. The summed E-state index contributed by atoms with van der Waals surface area (Å²) in [6.45, 7) is 10.8. The van der Waals surface area contributed by atoms with Crippen LogP contribution in [0, 0.1) is 11.8 Å². The highest BCUT2D eigenvalue weighted by Crippen LogP contribution is 2.07. The van der Waals surface area contributed by atoms with Gasteiger partial charge in [-0.25, -0.2) is 0 Å². The number of Topliss-reactive ketones (excluding diaryl/α,β-unsaturated/α-hetero) is 1. The van der Waals surface area contributed by atoms with Crippen LogP contribution in [0.2, 0.25) is 0 Å². The van der Waals surface area contributed by atoms with Gasteiger partial charge in [-0.3, -0.25) is 4.79 Å². The highest BCUT2D eigenvalue weighted by atomic mass is 16.1. The van der Waals surface area contributed by atoms with Crippen molar-refractivity contribution >= 4 is 5.78 Å². The van der Waals surface area contributed by atoms with E-state index in [1.165, 1.54) is 0 Å². The molecule has 0 saturated heterocycles. The first kappa shape index (κ1) is 9.15. The Hall–Kier alpha value is -0.850. The van der Waals surface area contributed by atoms with E-state index in [4.69, 9.17) is 0 Å². The largest absolute Gasteiger partial charge is 0.298 e. The number of hydrogen-bond donors (Lipinski definition) is 0. The van der Waals surface area contributed by atoms with Gasteiger partial charge in [-0.1, -0.05) is 26.0 Å². The smallest absolute Gasteiger partial charge is 0.145 e. The zero-order chi connectivity index (χ0) is 8.15. The molecule has 0 aromatic heterocycles. The van der Waals surface area contributed by atoms with Crippen LogP contribution in [0.25, 0.3) is 0 Å². The molecule has 0 aliphatic rings. The van der Waals surface area contributed by atoms with Crippen molar-refractivity contribution in [3.63, 3.8) is 0 Å². The lowest BCUT2D eigenvalue weighted by molar-refractivity contribution is -0.123. The number of hydrogen-bond acceptors (Lipinski definition) is 1. The number of rotatable bonds is 4. The fourth-order valence-electron chi connectivity index (χ4n) is 0.647. The van der Waals surface area contributed by atoms with Gasteiger partial charge in [0.05, 0.1) is 0 Å². The van der Waals surface area contributed by atoms with Crippen molar-refractivity contribution in [3.05, 3.63) is 25.3 Å². The van der Waals surface area contributed by atoms with Crippen LogP contribution in [-0.4, -0.2) is 5.78 Å². The van der Waals surface area contributed by atoms with Gasteiger partial charge in [0.2, 0.25) is 0 Å². The first-order valence-corrected chi connectivity index (χ1v) is 3.42. The van der Waals surface area contributed by atoms with E-state index in [9.17, 15) is 4.79 Å². The van der Waals surface area contributed by atoms with Gasteiger partial charge in [-0.2, -0.15) is 0 Å². The lowest BCUT2D eigenvalue weighted by Crippen LogP contribution is -2.15. The molecule has 1 heteroatoms. The van der Waals surface area contributed by atoms with Crippen LogP contribution in [0.1, 0.15) is 13.8 Å². The minimum atomic E-state index is -0.0481. The predicted octanol–water partition coefficient (Wildman–Crippen LogP) is 2.20. The maximum absolute atomic E-state index is 11.2. The molecular formula is C9H14O. The van der Waals surface area contributed by atoms with Crippen LogP contribution >= 0.6 is 0 Å². The Morgan fingerprint density at radius 2 is 1.50 bits per heavy atom. The van der Waals surface area contributed by atoms with Crippen LogP contribution in [0.3, 0.4) is 0 Å². The van der Waals surface area contributed by atoms with Crippen molar-refractivity contribution in [2.75, 3.05) is 0 Å². The van der Waals surface area contributed by atoms with Crippen LogP contribution in [0.5, 0.6) is 0 Å². The monoisotopic (exact) mass is 138 g/mol. The number of carbonyl (C=O) groups excluding carboxylic acids is 1. The Bertz CT molecular complexity index is 131. The number of carbonyl (C=O) groups is 1. The van der Waals surface area contributed by atoms with Gasteiger partial charge in [0.15, 0.2) is 0 Å². The van der Waals surface area contributed by atoms with E-state index in [0.717, 1.165) is 0 Å². The highest BCUT2D eigenvalue weighted by molar-refractivity contribution is 5.85. The van der Waals surface area contributed by atoms with Crippen molar-refractivity contribution in [1.29, 1.82) is 0 Å². The van der Waals surface area contributed by atoms with Gasteiger partial charge in [0.25, 0.3) is 0 Å². The second-order valence-corrected chi connectivity index (χ2v) is 2.45. The molecule has 0 aliphatic heterocycles. The van der Waals surface area contributed by atoms with Gasteiger partial charge < -0.3 is 0 Å². The molecule has 0 bridgehead atoms. The van der Waals surface area contributed by atoms with Gasteiger partial charge in [-0.15, -0.1) is 13.2 Å². The van der Waals surface area contributed by atoms with E-state index in [2.05, 4.69) is 13.2 Å². The third-order valence-corrected chi connectivity index (χ3v) is 1.60. The fraction of sp³-hybridized carbons (Fsp3) is 0.444. The average molecular weight is 138 g/mol. The van der Waals surface area contributed by atoms with Crippen molar-refractivity contribution in [1.82, 2.24) is 0 Å². The molecule has 0 aliphatic carbocycles. The molecule has 0 aromatic carbocycles. The molecule has 10 heavy (non-hydrogen) atoms. The van der Waals surface area contributed by atoms with E-state index in [-0.39, 0.29) is 17.6 Å². The van der Waals surface area contributed by atoms with E-state index >= 15 is 0 Å². The van der Waals surface area contributed by atoms with Crippen LogP contribution in [-0.2, 0) is 4.79 Å². The molecule has 2 unspecified atom stereocenters. The molecule has 0 radical (unpaired) electrons. The Morgan fingerprint density at radius 1 is 1.20 bits per heavy atom. The van der Waals surface area contributed by atoms with E-state index < -0.39 is 0 Å². The van der Waals surface area contributed by atoms with E-state index in [1.807, 2.05) is 13.8 Å². The summed E-state index contributed by atoms with van der Waals surface area (Å²) in [4.78, 5) is 11.2. The standard InChI is InChI=1S/C9H14O/c1-5-7(3)9(10)8(4)6-2/h5-8H,1-2H2,3-4H3. The molecule has 0 N–H and O–H groups in total. The summed E-state index contributed by atoms with van der Waals surface area (Å²) < 4.78 is 0. The lowest BCUT2D eigenvalue weighted by Gasteiger charge is -2.07. The first-order valence-electron chi connectivity index (χ1n) is 3.42. The molecule has 0 amide bonds. The SMILES string of the molecule is C=CC(C)C(=O)C(C)C=C. The maximum Gasteiger partial charge on any atom is 0.145 e. The maximum atomic E-state index is 11.2. The predicted molar refractivity (Wildman–Crippen MR) is 43.7 cm³/mol. The molecule has 0 heterocycles. The van der Waals surface area contributed by atoms with Gasteiger partial charge in [0, 0.05) is 11.8 Å². The third kappa shape index (κ3) is 2.18. The van der Waals surface area contributed by atoms with Crippen LogP contribution < -0.4 is 0 Å². The normalized spacial score (nSPS) is 15.4. The highest BCUT2D eigenvalue weighted by Gasteiger charge is 2.13. The second kappa shape index (κ2) is 4.04. The number of allylic oxidation sites excluding steroid dienone is 2. The Labute approximate surface area is 62.4 Å². The molecular weight excluding hydrogens is 124 g/mol. The number of ketones is 1. The van der Waals surface area contributed by atoms with Crippen LogP contribution in [0.15, 0.2) is 25.3 Å². The molecule has 56 valence electrons. The summed E-state index contributed by atoms with van der Waals surface area (Å²) in [5.74, 6) is 0.0889. The van der Waals surface area contributed by atoms with Crippen LogP contribution in [0.4, 0.5) is 0 Å². The lowest BCUT2D eigenvalue weighted by atomic mass is 9.96. The minimum Gasteiger partial charge on any atom is -0.298 e. The minimum absolute atomic E-state index is 0.0481. The van der Waals surface area contributed by atoms with Gasteiger partial charge in [-0.05, 0) is 0 Å². The van der Waals surface area contributed by atoms with Crippen molar-refractivity contribution in [2.24, 2.45) is 11.8 Å². The Balaban J connectivity index is 4.06. The fourth-order valence-corrected chi connectivity index (χ4v) is 0.647. The van der Waals surface area contributed by atoms with Crippen molar-refractivity contribution in [3.8, 4) is 0 Å². The molecule has 0 rings (SSSR count). The molecule has 0 aromatic rings. The molecule has 1 nitrogen and oxygen atoms in total. The molecule has 2 atom stereocenters.